The predicted octanol–water partition coefficient (Wildman–Crippen LogP) is 3.37. The van der Waals surface area contributed by atoms with Crippen molar-refractivity contribution in [3.8, 4) is 5.88 Å². The lowest BCUT2D eigenvalue weighted by atomic mass is 10.0. The highest BCUT2D eigenvalue weighted by Gasteiger charge is 2.02. The molecule has 0 bridgehead atoms. The number of fused-ring (bicyclic) bond motifs is 1. The summed E-state index contributed by atoms with van der Waals surface area (Å²) in [4.78, 5) is 4.37. The molecular weight excluding hydrogens is 186 g/mol. The van der Waals surface area contributed by atoms with Crippen molar-refractivity contribution in [3.63, 3.8) is 0 Å². The van der Waals surface area contributed by atoms with E-state index in [-0.39, 0.29) is 0 Å². The summed E-state index contributed by atoms with van der Waals surface area (Å²) in [5, 5.41) is 1.17. The first-order chi connectivity index (χ1) is 7.20. The number of hydrogen-bond acceptors (Lipinski definition) is 2. The van der Waals surface area contributed by atoms with Crippen molar-refractivity contribution in [1.29, 1.82) is 0 Å². The van der Waals surface area contributed by atoms with Gasteiger partial charge >= 0.3 is 0 Å². The van der Waals surface area contributed by atoms with Crippen molar-refractivity contribution in [2.45, 2.75) is 19.8 Å². The van der Waals surface area contributed by atoms with Crippen LogP contribution in [0.5, 0.6) is 5.88 Å². The van der Waals surface area contributed by atoms with Crippen LogP contribution in [0.25, 0.3) is 10.9 Å². The molecule has 0 N–H and O–H groups in total. The van der Waals surface area contributed by atoms with Crippen LogP contribution in [0.15, 0.2) is 30.3 Å². The number of pyridine rings is 1. The van der Waals surface area contributed by atoms with Gasteiger partial charge in [0.15, 0.2) is 0 Å². The molecule has 2 heteroatoms. The molecule has 0 aliphatic heterocycles. The highest BCUT2D eigenvalue weighted by molar-refractivity contribution is 5.79. The van der Waals surface area contributed by atoms with Crippen LogP contribution in [0.3, 0.4) is 0 Å². The monoisotopic (exact) mass is 201 g/mol. The van der Waals surface area contributed by atoms with Crippen LogP contribution in [0.1, 0.15) is 25.3 Å². The van der Waals surface area contributed by atoms with Gasteiger partial charge in [-0.15, -0.1) is 0 Å². The molecule has 0 fully saturated rings. The molecule has 78 valence electrons. The number of methoxy groups -OCH3 is 1. The Bertz CT molecular complexity index is 477. The molecule has 0 saturated heterocycles. The first-order valence-electron chi connectivity index (χ1n) is 5.15. The Morgan fingerprint density at radius 2 is 1.93 bits per heavy atom. The predicted molar refractivity (Wildman–Crippen MR) is 62.4 cm³/mol. The second-order valence-corrected chi connectivity index (χ2v) is 3.96. The molecule has 0 saturated carbocycles. The van der Waals surface area contributed by atoms with E-state index in [2.05, 4.69) is 31.0 Å². The van der Waals surface area contributed by atoms with E-state index in [9.17, 15) is 0 Å². The second kappa shape index (κ2) is 3.89. The van der Waals surface area contributed by atoms with E-state index in [0.717, 1.165) is 5.52 Å². The van der Waals surface area contributed by atoms with Crippen molar-refractivity contribution >= 4 is 10.9 Å². The number of benzene rings is 1. The van der Waals surface area contributed by atoms with Crippen LogP contribution in [0.2, 0.25) is 0 Å². The molecule has 0 unspecified atom stereocenters. The molecule has 2 rings (SSSR count). The fourth-order valence-electron chi connectivity index (χ4n) is 1.60. The molecule has 0 amide bonds. The van der Waals surface area contributed by atoms with E-state index in [4.69, 9.17) is 4.74 Å². The minimum Gasteiger partial charge on any atom is -0.481 e. The number of nitrogens with zero attached hydrogens (tertiary/aromatic N) is 1. The lowest BCUT2D eigenvalue weighted by molar-refractivity contribution is 0.399. The summed E-state index contributed by atoms with van der Waals surface area (Å²) >= 11 is 0. The van der Waals surface area contributed by atoms with Crippen LogP contribution in [-0.2, 0) is 0 Å². The van der Waals surface area contributed by atoms with Crippen molar-refractivity contribution < 1.29 is 4.74 Å². The quantitative estimate of drug-likeness (QED) is 0.743. The Labute approximate surface area is 89.9 Å². The molecule has 2 nitrogen and oxygen atoms in total. The van der Waals surface area contributed by atoms with E-state index in [1.165, 1.54) is 10.9 Å². The SMILES string of the molecule is COc1ccc2cc(C(C)C)ccc2n1. The zero-order chi connectivity index (χ0) is 10.8. The van der Waals surface area contributed by atoms with Gasteiger partial charge in [-0.05, 0) is 29.7 Å². The third-order valence-electron chi connectivity index (χ3n) is 2.56. The highest BCUT2D eigenvalue weighted by Crippen LogP contribution is 2.21. The van der Waals surface area contributed by atoms with Crippen molar-refractivity contribution in [2.24, 2.45) is 0 Å². The molecule has 0 radical (unpaired) electrons. The van der Waals surface area contributed by atoms with Crippen LogP contribution in [0, 0.1) is 0 Å². The third-order valence-corrected chi connectivity index (χ3v) is 2.56. The lowest BCUT2D eigenvalue weighted by Gasteiger charge is -2.07. The van der Waals surface area contributed by atoms with Gasteiger partial charge in [-0.3, -0.25) is 0 Å². The average molecular weight is 201 g/mol. The minimum atomic E-state index is 0.552. The van der Waals surface area contributed by atoms with E-state index < -0.39 is 0 Å². The molecule has 0 aliphatic rings. The van der Waals surface area contributed by atoms with E-state index >= 15 is 0 Å². The summed E-state index contributed by atoms with van der Waals surface area (Å²) in [5.41, 5.74) is 2.33. The fraction of sp³-hybridized carbons (Fsp3) is 0.308. The van der Waals surface area contributed by atoms with Gasteiger partial charge in [-0.2, -0.15) is 0 Å². The Kier molecular flexibility index (Phi) is 2.58. The number of aromatic nitrogens is 1. The largest absolute Gasteiger partial charge is 0.481 e. The van der Waals surface area contributed by atoms with Crippen molar-refractivity contribution in [1.82, 2.24) is 4.98 Å². The molecule has 1 aromatic carbocycles. The number of hydrogen-bond donors (Lipinski definition) is 0. The average Bonchev–Trinajstić information content (AvgIpc) is 2.27. The first-order valence-corrected chi connectivity index (χ1v) is 5.15. The summed E-state index contributed by atoms with van der Waals surface area (Å²) < 4.78 is 5.09. The highest BCUT2D eigenvalue weighted by atomic mass is 16.5. The smallest absolute Gasteiger partial charge is 0.213 e. The van der Waals surface area contributed by atoms with Crippen LogP contribution >= 0.6 is 0 Å². The van der Waals surface area contributed by atoms with Gasteiger partial charge in [0.1, 0.15) is 0 Å². The second-order valence-electron chi connectivity index (χ2n) is 3.96. The molecule has 0 aliphatic carbocycles. The molecule has 15 heavy (non-hydrogen) atoms. The number of rotatable bonds is 2. The van der Waals surface area contributed by atoms with Crippen molar-refractivity contribution in [3.05, 3.63) is 35.9 Å². The molecule has 1 heterocycles. The van der Waals surface area contributed by atoms with Crippen LogP contribution in [0.4, 0.5) is 0 Å². The third kappa shape index (κ3) is 1.94. The summed E-state index contributed by atoms with van der Waals surface area (Å²) in [7, 11) is 1.64. The Hall–Kier alpha value is -1.57. The van der Waals surface area contributed by atoms with Gasteiger partial charge in [0.2, 0.25) is 5.88 Å². The number of ether oxygens (including phenoxy) is 1. The fourth-order valence-corrected chi connectivity index (χ4v) is 1.60. The van der Waals surface area contributed by atoms with Gasteiger partial charge in [-0.25, -0.2) is 4.98 Å². The Morgan fingerprint density at radius 1 is 1.13 bits per heavy atom. The summed E-state index contributed by atoms with van der Waals surface area (Å²) in [6.45, 7) is 4.39. The van der Waals surface area contributed by atoms with Crippen LogP contribution in [-0.4, -0.2) is 12.1 Å². The van der Waals surface area contributed by atoms with E-state index in [0.29, 0.717) is 11.8 Å². The summed E-state index contributed by atoms with van der Waals surface area (Å²) in [6.07, 6.45) is 0. The Morgan fingerprint density at radius 3 is 2.60 bits per heavy atom. The zero-order valence-electron chi connectivity index (χ0n) is 9.32. The summed E-state index contributed by atoms with van der Waals surface area (Å²) in [5.74, 6) is 1.22. The first kappa shape index (κ1) is 9.97. The maximum absolute atomic E-state index is 5.09. The van der Waals surface area contributed by atoms with Crippen LogP contribution < -0.4 is 4.74 Å². The molecular formula is C13H15NO. The van der Waals surface area contributed by atoms with Gasteiger partial charge in [0.25, 0.3) is 0 Å². The lowest BCUT2D eigenvalue weighted by Crippen LogP contribution is -1.90. The molecule has 0 atom stereocenters. The van der Waals surface area contributed by atoms with Gasteiger partial charge in [0, 0.05) is 11.5 Å². The Balaban J connectivity index is 2.55. The maximum Gasteiger partial charge on any atom is 0.213 e. The maximum atomic E-state index is 5.09. The zero-order valence-corrected chi connectivity index (χ0v) is 9.32. The summed E-state index contributed by atoms with van der Waals surface area (Å²) in [6, 6.07) is 10.3. The van der Waals surface area contributed by atoms with E-state index in [1.54, 1.807) is 7.11 Å². The van der Waals surface area contributed by atoms with E-state index in [1.807, 2.05) is 18.2 Å². The molecule has 2 aromatic rings. The normalized spacial score (nSPS) is 10.9. The van der Waals surface area contributed by atoms with Crippen molar-refractivity contribution in [2.75, 3.05) is 7.11 Å². The van der Waals surface area contributed by atoms with Gasteiger partial charge in [0.05, 0.1) is 12.6 Å². The van der Waals surface area contributed by atoms with Gasteiger partial charge < -0.3 is 4.74 Å². The molecule has 1 aromatic heterocycles. The topological polar surface area (TPSA) is 22.1 Å². The van der Waals surface area contributed by atoms with Gasteiger partial charge in [-0.1, -0.05) is 19.9 Å². The molecule has 0 spiro atoms. The minimum absolute atomic E-state index is 0.552. The standard InChI is InChI=1S/C13H15NO/c1-9(2)10-4-6-12-11(8-10)5-7-13(14-12)15-3/h4-9H,1-3H3.